The highest BCUT2D eigenvalue weighted by atomic mass is 19.1. The zero-order chi connectivity index (χ0) is 19.8. The van der Waals surface area contributed by atoms with E-state index < -0.39 is 6.17 Å². The number of rotatable bonds is 5. The Morgan fingerprint density at radius 1 is 1.34 bits per heavy atom. The topological polar surface area (TPSA) is 90.6 Å². The van der Waals surface area contributed by atoms with E-state index in [0.717, 1.165) is 28.3 Å². The molecule has 0 amide bonds. The third kappa shape index (κ3) is 3.44. The molecule has 1 fully saturated rings. The van der Waals surface area contributed by atoms with Gasteiger partial charge in [-0.1, -0.05) is 0 Å². The summed E-state index contributed by atoms with van der Waals surface area (Å²) >= 11 is 0. The lowest BCUT2D eigenvalue weighted by Gasteiger charge is -2.34. The number of aliphatic imine (C=N–C) groups is 1. The number of fused-ring (bicyclic) bond motifs is 2. The summed E-state index contributed by atoms with van der Waals surface area (Å²) in [4.78, 5) is 9.13. The fourth-order valence-electron chi connectivity index (χ4n) is 4.05. The van der Waals surface area contributed by atoms with Gasteiger partial charge in [0.1, 0.15) is 6.17 Å². The van der Waals surface area contributed by atoms with E-state index in [4.69, 9.17) is 10.1 Å². The van der Waals surface area contributed by atoms with Crippen LogP contribution in [-0.2, 0) is 6.54 Å². The number of halogens is 1. The van der Waals surface area contributed by atoms with E-state index in [1.54, 1.807) is 23.2 Å². The van der Waals surface area contributed by atoms with E-state index in [2.05, 4.69) is 26.8 Å². The lowest BCUT2D eigenvalue weighted by Crippen LogP contribution is -2.44. The molecular weight excluding hydrogens is 373 g/mol. The largest absolute Gasteiger partial charge is 0.394 e. The first-order valence-electron chi connectivity index (χ1n) is 9.76. The van der Waals surface area contributed by atoms with Crippen molar-refractivity contribution in [3.63, 3.8) is 0 Å². The van der Waals surface area contributed by atoms with Crippen LogP contribution in [0.2, 0.25) is 0 Å². The molecule has 4 heterocycles. The first-order chi connectivity index (χ1) is 14.2. The summed E-state index contributed by atoms with van der Waals surface area (Å²) in [6, 6.07) is 3.79. The number of hydrazine groups is 2. The molecule has 3 atom stereocenters. The van der Waals surface area contributed by atoms with Crippen LogP contribution < -0.4 is 16.0 Å². The first kappa shape index (κ1) is 18.1. The maximum Gasteiger partial charge on any atom is 0.169 e. The van der Waals surface area contributed by atoms with Gasteiger partial charge in [0.15, 0.2) is 5.82 Å². The van der Waals surface area contributed by atoms with E-state index >= 15 is 0 Å². The fourth-order valence-corrected chi connectivity index (χ4v) is 4.05. The van der Waals surface area contributed by atoms with Crippen LogP contribution in [0.1, 0.15) is 12.8 Å². The molecule has 2 aromatic rings. The quantitative estimate of drug-likeness (QED) is 0.670. The van der Waals surface area contributed by atoms with Crippen LogP contribution in [0.25, 0.3) is 11.3 Å². The molecule has 0 saturated heterocycles. The maximum atomic E-state index is 14.8. The number of hydrogen-bond donors (Lipinski definition) is 3. The Kier molecular flexibility index (Phi) is 4.63. The monoisotopic (exact) mass is 395 g/mol. The van der Waals surface area contributed by atoms with Crippen LogP contribution in [0.3, 0.4) is 0 Å². The predicted octanol–water partition coefficient (Wildman–Crippen LogP) is 1.87. The molecule has 0 bridgehead atoms. The van der Waals surface area contributed by atoms with E-state index in [1.807, 2.05) is 23.3 Å². The summed E-state index contributed by atoms with van der Waals surface area (Å²) in [5.41, 5.74) is 13.0. The van der Waals surface area contributed by atoms with Gasteiger partial charge in [-0.15, -0.1) is 11.3 Å². The number of pyridine rings is 1. The molecule has 150 valence electrons. The molecule has 2 aromatic heterocycles. The Labute approximate surface area is 167 Å². The average molecular weight is 395 g/mol. The van der Waals surface area contributed by atoms with E-state index in [1.165, 1.54) is 0 Å². The van der Waals surface area contributed by atoms with Gasteiger partial charge in [0.2, 0.25) is 0 Å². The number of nitrogens with zero attached hydrogens (tertiary/aromatic N) is 5. The lowest BCUT2D eigenvalue weighted by atomic mass is 9.80. The van der Waals surface area contributed by atoms with Crippen molar-refractivity contribution in [3.8, 4) is 11.3 Å². The average Bonchev–Trinajstić information content (AvgIpc) is 3.36. The van der Waals surface area contributed by atoms with Crippen molar-refractivity contribution in [1.29, 1.82) is 0 Å². The molecule has 0 radical (unpaired) electrons. The molecule has 3 N–H and O–H groups in total. The Balaban J connectivity index is 1.35. The highest BCUT2D eigenvalue weighted by Crippen LogP contribution is 2.36. The van der Waals surface area contributed by atoms with Gasteiger partial charge in [-0.2, -0.15) is 5.10 Å². The molecule has 0 aromatic carbocycles. The summed E-state index contributed by atoms with van der Waals surface area (Å²) in [5.74, 6) is 0.575. The van der Waals surface area contributed by atoms with Gasteiger partial charge in [0, 0.05) is 36.9 Å². The highest BCUT2D eigenvalue weighted by Gasteiger charge is 2.36. The molecule has 2 aliphatic heterocycles. The smallest absolute Gasteiger partial charge is 0.169 e. The molecule has 9 heteroatoms. The Bertz CT molecular complexity index is 1010. The van der Waals surface area contributed by atoms with Gasteiger partial charge >= 0.3 is 0 Å². The van der Waals surface area contributed by atoms with E-state index in [9.17, 15) is 4.39 Å². The molecule has 1 aliphatic carbocycles. The zero-order valence-corrected chi connectivity index (χ0v) is 15.8. The van der Waals surface area contributed by atoms with Crippen molar-refractivity contribution in [3.05, 3.63) is 41.9 Å². The minimum absolute atomic E-state index is 0.0317. The number of nitrogens with one attached hydrogen (secondary N) is 2. The normalized spacial score (nSPS) is 24.8. The summed E-state index contributed by atoms with van der Waals surface area (Å²) in [6.07, 6.45) is 7.21. The maximum absolute atomic E-state index is 14.8. The van der Waals surface area contributed by atoms with Crippen molar-refractivity contribution in [2.75, 3.05) is 23.6 Å². The van der Waals surface area contributed by atoms with E-state index in [0.29, 0.717) is 25.9 Å². The summed E-state index contributed by atoms with van der Waals surface area (Å²) in [6.45, 7) is 0.960. The van der Waals surface area contributed by atoms with Gasteiger partial charge in [-0.25, -0.2) is 9.37 Å². The van der Waals surface area contributed by atoms with Crippen molar-refractivity contribution < 1.29 is 9.50 Å². The van der Waals surface area contributed by atoms with Crippen molar-refractivity contribution in [2.45, 2.75) is 31.6 Å². The van der Waals surface area contributed by atoms with Gasteiger partial charge < -0.3 is 10.5 Å². The second-order valence-corrected chi connectivity index (χ2v) is 7.50. The number of aliphatic hydroxyl groups is 1. The zero-order valence-electron chi connectivity index (χ0n) is 15.8. The van der Waals surface area contributed by atoms with Crippen LogP contribution in [0.4, 0.5) is 15.9 Å². The van der Waals surface area contributed by atoms with Crippen LogP contribution in [0, 0.1) is 5.92 Å². The third-order valence-corrected chi connectivity index (χ3v) is 5.59. The third-order valence-electron chi connectivity index (χ3n) is 5.59. The molecule has 1 saturated carbocycles. The Hall–Kier alpha value is -3.00. The molecule has 5 rings (SSSR count). The number of aromatic nitrogens is 3. The second-order valence-electron chi connectivity index (χ2n) is 7.50. The molecule has 1 unspecified atom stereocenters. The van der Waals surface area contributed by atoms with E-state index in [-0.39, 0.29) is 18.6 Å². The summed E-state index contributed by atoms with van der Waals surface area (Å²) in [7, 11) is 0. The predicted molar refractivity (Wildman–Crippen MR) is 108 cm³/mol. The van der Waals surface area contributed by atoms with Crippen LogP contribution >= 0.6 is 0 Å². The Morgan fingerprint density at radius 3 is 3.17 bits per heavy atom. The number of alkyl halides is 1. The molecule has 3 aliphatic rings. The highest BCUT2D eigenvalue weighted by molar-refractivity contribution is 5.74. The number of anilines is 2. The van der Waals surface area contributed by atoms with Crippen molar-refractivity contribution >= 4 is 17.7 Å². The molecule has 29 heavy (non-hydrogen) atoms. The van der Waals surface area contributed by atoms with Gasteiger partial charge in [0.05, 0.1) is 36.8 Å². The fraction of sp³-hybridized carbons (Fsp3) is 0.400. The molecular formula is C20H22FN7O. The number of hydrogen-bond acceptors (Lipinski definition) is 7. The van der Waals surface area contributed by atoms with Gasteiger partial charge in [-0.05, 0) is 30.2 Å². The van der Waals surface area contributed by atoms with Crippen molar-refractivity contribution in [2.24, 2.45) is 10.9 Å². The van der Waals surface area contributed by atoms with Gasteiger partial charge in [0.25, 0.3) is 0 Å². The second kappa shape index (κ2) is 7.44. The minimum atomic E-state index is -0.924. The summed E-state index contributed by atoms with van der Waals surface area (Å²) in [5, 5.41) is 15.2. The van der Waals surface area contributed by atoms with Crippen LogP contribution in [0.15, 0.2) is 46.9 Å². The van der Waals surface area contributed by atoms with Crippen LogP contribution in [-0.4, -0.2) is 51.5 Å². The van der Waals surface area contributed by atoms with Crippen LogP contribution in [0.5, 0.6) is 0 Å². The lowest BCUT2D eigenvalue weighted by molar-refractivity contribution is 0.182. The van der Waals surface area contributed by atoms with Gasteiger partial charge in [-0.3, -0.25) is 14.7 Å². The Morgan fingerprint density at radius 2 is 2.28 bits per heavy atom. The SMILES string of the molecule is OCCn1cc(-c2ccc3c(n2)N(C[C@@H]2CC4=C=CC=NC4C[C@@H]2F)NN3)cn1. The van der Waals surface area contributed by atoms with Crippen molar-refractivity contribution in [1.82, 2.24) is 20.3 Å². The molecule has 8 nitrogen and oxygen atoms in total. The molecule has 0 spiro atoms. The number of aliphatic hydroxyl groups excluding tert-OH is 1. The standard InChI is InChI=1S/C20H22FN7O/c21-16-9-19-13(2-1-5-22-19)8-14(16)12-28-20-18(25-26-28)4-3-17(24-20)15-10-23-27(11-15)6-7-29/h1,3-5,10-11,14,16,19,25-26,29H,6-9,12H2/t14-,16-,19?/m0/s1. The minimum Gasteiger partial charge on any atom is -0.394 e. The summed E-state index contributed by atoms with van der Waals surface area (Å²) < 4.78 is 16.5. The first-order valence-corrected chi connectivity index (χ1v) is 9.76.